The zero-order valence-corrected chi connectivity index (χ0v) is 23.6. The van der Waals surface area contributed by atoms with E-state index in [9.17, 15) is 11.0 Å². The van der Waals surface area contributed by atoms with Crippen molar-refractivity contribution in [1.29, 1.82) is 0 Å². The molecule has 0 aliphatic carbocycles. The smallest absolute Gasteiger partial charge is 0.0616 e. The predicted molar refractivity (Wildman–Crippen MR) is 200 cm³/mol. The van der Waals surface area contributed by atoms with Crippen LogP contribution in [0.3, 0.4) is 0 Å². The molecule has 0 saturated heterocycles. The summed E-state index contributed by atoms with van der Waals surface area (Å²) in [5.74, 6) is 0. The topological polar surface area (TPSA) is 0 Å². The van der Waals surface area contributed by atoms with Gasteiger partial charge in [0.05, 0.1) is 24.7 Å². The van der Waals surface area contributed by atoms with Crippen LogP contribution < -0.4 is 0 Å². The number of rotatable bonds is 2. The summed E-state index contributed by atoms with van der Waals surface area (Å²) in [5, 5.41) is 0.920. The van der Waals surface area contributed by atoms with E-state index in [0.717, 1.165) is 5.39 Å². The predicted octanol–water partition coefficient (Wildman–Crippen LogP) is 13.1. The molecular formula is C46H26. The highest BCUT2D eigenvalue weighted by Crippen LogP contribution is 2.45. The largest absolute Gasteiger partial charge is 0.0630 e. The Bertz CT molecular complexity index is 3990. The number of hydrogen-bond acceptors (Lipinski definition) is 0. The first-order chi connectivity index (χ1) is 30.3. The molecule has 0 saturated carbocycles. The Labute approximate surface area is 290 Å². The van der Waals surface area contributed by atoms with Crippen molar-refractivity contribution >= 4 is 86.2 Å². The first kappa shape index (κ1) is 13.2. The Balaban J connectivity index is 1.41. The lowest BCUT2D eigenvalue weighted by Gasteiger charge is -2.19. The van der Waals surface area contributed by atoms with E-state index in [1.165, 1.54) is 0 Å². The Morgan fingerprint density at radius 2 is 0.826 bits per heavy atom. The van der Waals surface area contributed by atoms with Gasteiger partial charge in [0.1, 0.15) is 0 Å². The normalized spacial score (nSPS) is 17.8. The Morgan fingerprint density at radius 3 is 1.48 bits per heavy atom. The standard InChI is InChI=1S/C46H26/c1-2-10-35-27(5-1)15-21-38-41(35)25-34(36-20-16-32-13-11-28-6-3-8-30-18-23-39(36)45(32)43(28)30)26-42(38)37-22-17-33-14-12-29-7-4-9-31-19-24-40(37)46(33)44(29)31/h1-26H/i3D,4D,6D,7D,8D,9D,11D,12D,13D,14D,16D,17D,18D,19D,20D,22D,23D,24D. The van der Waals surface area contributed by atoms with E-state index in [1.807, 2.05) is 24.3 Å². The second-order valence-electron chi connectivity index (χ2n) is 11.4. The van der Waals surface area contributed by atoms with Crippen molar-refractivity contribution in [3.8, 4) is 22.3 Å². The summed E-state index contributed by atoms with van der Waals surface area (Å²) < 4.78 is 164. The van der Waals surface area contributed by atoms with E-state index >= 15 is 0 Å². The molecule has 0 radical (unpaired) electrons. The lowest BCUT2D eigenvalue weighted by Crippen LogP contribution is -1.91. The van der Waals surface area contributed by atoms with Gasteiger partial charge in [0.2, 0.25) is 0 Å². The zero-order chi connectivity index (χ0) is 45.6. The third-order valence-electron chi connectivity index (χ3n) is 9.04. The van der Waals surface area contributed by atoms with Crippen LogP contribution >= 0.6 is 0 Å². The van der Waals surface area contributed by atoms with Crippen LogP contribution in [0.25, 0.3) is 108 Å². The summed E-state index contributed by atoms with van der Waals surface area (Å²) in [4.78, 5) is 0. The van der Waals surface area contributed by atoms with Crippen molar-refractivity contribution in [3.63, 3.8) is 0 Å². The van der Waals surface area contributed by atoms with Gasteiger partial charge in [0.15, 0.2) is 0 Å². The van der Waals surface area contributed by atoms with Gasteiger partial charge >= 0.3 is 0 Å². The fraction of sp³-hybridized carbons (Fsp3) is 0. The molecule has 0 nitrogen and oxygen atoms in total. The van der Waals surface area contributed by atoms with E-state index in [0.29, 0.717) is 16.2 Å². The van der Waals surface area contributed by atoms with E-state index in [1.54, 1.807) is 24.3 Å². The molecule has 0 fully saturated rings. The van der Waals surface area contributed by atoms with Crippen molar-refractivity contribution in [1.82, 2.24) is 0 Å². The third-order valence-corrected chi connectivity index (χ3v) is 9.04. The van der Waals surface area contributed by atoms with Crippen molar-refractivity contribution in [2.24, 2.45) is 0 Å². The van der Waals surface area contributed by atoms with Gasteiger partial charge in [-0.1, -0.05) is 145 Å². The molecule has 0 aromatic heterocycles. The summed E-state index contributed by atoms with van der Waals surface area (Å²) in [6, 6.07) is 4.63. The lowest BCUT2D eigenvalue weighted by atomic mass is 9.85. The quantitative estimate of drug-likeness (QED) is 0.174. The Morgan fingerprint density at radius 1 is 0.304 bits per heavy atom. The molecule has 0 N–H and O–H groups in total. The van der Waals surface area contributed by atoms with Gasteiger partial charge < -0.3 is 0 Å². The van der Waals surface area contributed by atoms with Gasteiger partial charge in [-0.2, -0.15) is 0 Å². The first-order valence-corrected chi connectivity index (χ1v) is 14.6. The van der Waals surface area contributed by atoms with Crippen LogP contribution in [-0.4, -0.2) is 0 Å². The molecule has 11 aromatic carbocycles. The van der Waals surface area contributed by atoms with Crippen LogP contribution in [0.5, 0.6) is 0 Å². The number of benzene rings is 11. The van der Waals surface area contributed by atoms with Crippen molar-refractivity contribution in [2.45, 2.75) is 0 Å². The second-order valence-corrected chi connectivity index (χ2v) is 11.4. The minimum atomic E-state index is -0.600. The molecule has 210 valence electrons. The molecule has 0 heteroatoms. The summed E-state index contributed by atoms with van der Waals surface area (Å²) in [7, 11) is 0. The minimum absolute atomic E-state index is 0.00505. The summed E-state index contributed by atoms with van der Waals surface area (Å²) in [5.41, 5.74) is 0.199. The average molecular weight is 597 g/mol. The molecule has 46 heavy (non-hydrogen) atoms. The van der Waals surface area contributed by atoms with Gasteiger partial charge in [0, 0.05) is 0 Å². The highest BCUT2D eigenvalue weighted by molar-refractivity contribution is 6.28. The molecule has 0 aliphatic heterocycles. The summed E-state index contributed by atoms with van der Waals surface area (Å²) in [6.07, 6.45) is 0. The van der Waals surface area contributed by atoms with E-state index in [4.69, 9.17) is 13.7 Å². The van der Waals surface area contributed by atoms with Crippen LogP contribution in [0.2, 0.25) is 0 Å². The Kier molecular flexibility index (Phi) is 2.52. The minimum Gasteiger partial charge on any atom is -0.0616 e. The second kappa shape index (κ2) is 8.81. The molecule has 0 atom stereocenters. The van der Waals surface area contributed by atoms with Gasteiger partial charge in [-0.05, 0) is 121 Å². The van der Waals surface area contributed by atoms with Gasteiger partial charge in [-0.3, -0.25) is 0 Å². The molecular weight excluding hydrogens is 553 g/mol. The molecule has 11 aromatic rings. The first-order valence-electron chi connectivity index (χ1n) is 23.6. The van der Waals surface area contributed by atoms with Crippen LogP contribution in [-0.2, 0) is 0 Å². The maximum absolute atomic E-state index is 9.64. The highest BCUT2D eigenvalue weighted by atomic mass is 14.2. The van der Waals surface area contributed by atoms with Crippen LogP contribution in [0.4, 0.5) is 0 Å². The molecule has 0 unspecified atom stereocenters. The molecule has 0 aliphatic rings. The van der Waals surface area contributed by atoms with Crippen LogP contribution in [0.15, 0.2) is 157 Å². The zero-order valence-electron chi connectivity index (χ0n) is 41.6. The maximum atomic E-state index is 9.64. The van der Waals surface area contributed by atoms with Crippen molar-refractivity contribution in [2.75, 3.05) is 0 Å². The molecule has 11 rings (SSSR count). The molecule has 0 spiro atoms. The average Bonchev–Trinajstić information content (AvgIpc) is 3.27. The van der Waals surface area contributed by atoms with Crippen molar-refractivity contribution < 1.29 is 24.7 Å². The third kappa shape index (κ3) is 3.18. The monoisotopic (exact) mass is 596 g/mol. The van der Waals surface area contributed by atoms with Gasteiger partial charge in [-0.15, -0.1) is 0 Å². The lowest BCUT2D eigenvalue weighted by molar-refractivity contribution is 1.68. The van der Waals surface area contributed by atoms with E-state index in [2.05, 4.69) is 0 Å². The fourth-order valence-corrected chi connectivity index (χ4v) is 7.01. The summed E-state index contributed by atoms with van der Waals surface area (Å²) in [6.45, 7) is 0. The van der Waals surface area contributed by atoms with E-state index in [-0.39, 0.29) is 86.9 Å². The highest BCUT2D eigenvalue weighted by Gasteiger charge is 2.18. The van der Waals surface area contributed by atoms with Crippen molar-refractivity contribution in [3.05, 3.63) is 157 Å². The maximum Gasteiger partial charge on any atom is 0.0630 e. The molecule has 0 bridgehead atoms. The summed E-state index contributed by atoms with van der Waals surface area (Å²) >= 11 is 0. The van der Waals surface area contributed by atoms with Crippen LogP contribution in [0, 0.1) is 0 Å². The van der Waals surface area contributed by atoms with Gasteiger partial charge in [0.25, 0.3) is 0 Å². The molecule has 0 heterocycles. The van der Waals surface area contributed by atoms with E-state index < -0.39 is 109 Å². The number of fused-ring (bicyclic) bond motifs is 3. The van der Waals surface area contributed by atoms with Gasteiger partial charge in [-0.25, -0.2) is 0 Å². The fourth-order valence-electron chi connectivity index (χ4n) is 7.01. The van der Waals surface area contributed by atoms with Crippen LogP contribution in [0.1, 0.15) is 24.7 Å². The SMILES string of the molecule is [2H]c1c([2H])c2c([2H])c([2H])c3c([2H])c([2H])c(-c4cc(-c5c([2H])c([2H])c6c([2H])c([2H])c7c([2H])c([2H])c([2H])c8c([2H])c([2H])c5c6c78)c5ccc6ccccc6c5c4)c4c([2H])c([2H])c(c1[2H])c2c34. The number of hydrogen-bond donors (Lipinski definition) is 0. The molecule has 0 amide bonds. The Hall–Kier alpha value is -5.98.